The van der Waals surface area contributed by atoms with Crippen molar-refractivity contribution in [2.45, 2.75) is 37.6 Å². The van der Waals surface area contributed by atoms with Crippen molar-refractivity contribution in [2.24, 2.45) is 0 Å². The lowest BCUT2D eigenvalue weighted by Crippen LogP contribution is -2.45. The van der Waals surface area contributed by atoms with Gasteiger partial charge in [-0.15, -0.1) is 0 Å². The second-order valence-electron chi connectivity index (χ2n) is 7.79. The van der Waals surface area contributed by atoms with Gasteiger partial charge < -0.3 is 4.90 Å². The number of aryl methyl sites for hydroxylation is 1. The summed E-state index contributed by atoms with van der Waals surface area (Å²) >= 11 is 0. The maximum atomic E-state index is 13.5. The molecule has 0 spiro atoms. The number of rotatable bonds is 6. The molecule has 1 heterocycles. The molecule has 3 aromatic carbocycles. The van der Waals surface area contributed by atoms with E-state index in [1.165, 1.54) is 4.31 Å². The van der Waals surface area contributed by atoms with E-state index >= 15 is 0 Å². The normalized spacial score (nSPS) is 15.5. The van der Waals surface area contributed by atoms with Crippen LogP contribution in [0.25, 0.3) is 0 Å². The Morgan fingerprint density at radius 2 is 1.61 bits per heavy atom. The molecular formula is C25H26N2O3S. The topological polar surface area (TPSA) is 57.7 Å². The summed E-state index contributed by atoms with van der Waals surface area (Å²) in [6.45, 7) is 3.77. The van der Waals surface area contributed by atoms with Gasteiger partial charge in [0.2, 0.25) is 5.91 Å². The standard InChI is InChI=1S/C25H26N2O3S/c1-3-20-13-15-22(16-14-20)26(31(29,30)23-10-5-4-6-11-23)18-25(28)27-19(2)17-21-9-7-8-12-24(21)27/h4-16,19H,3,17-18H2,1-2H3/t19-/m1/s1. The summed E-state index contributed by atoms with van der Waals surface area (Å²) in [5.41, 5.74) is 3.55. The Kier molecular flexibility index (Phi) is 5.83. The van der Waals surface area contributed by atoms with E-state index in [-0.39, 0.29) is 23.4 Å². The van der Waals surface area contributed by atoms with E-state index in [4.69, 9.17) is 0 Å². The summed E-state index contributed by atoms with van der Waals surface area (Å²) in [6.07, 6.45) is 1.62. The van der Waals surface area contributed by atoms with E-state index in [1.807, 2.05) is 50.2 Å². The number of fused-ring (bicyclic) bond motifs is 1. The van der Waals surface area contributed by atoms with E-state index in [0.717, 1.165) is 29.7 Å². The number of carbonyl (C=O) groups excluding carboxylic acids is 1. The molecule has 5 nitrogen and oxygen atoms in total. The van der Waals surface area contributed by atoms with Crippen molar-refractivity contribution in [3.05, 3.63) is 90.0 Å². The van der Waals surface area contributed by atoms with Gasteiger partial charge in [0, 0.05) is 11.7 Å². The number of para-hydroxylation sites is 1. The van der Waals surface area contributed by atoms with E-state index < -0.39 is 10.0 Å². The lowest BCUT2D eigenvalue weighted by Gasteiger charge is -2.29. The molecule has 1 aliphatic rings. The second kappa shape index (κ2) is 8.55. The molecule has 0 saturated heterocycles. The van der Waals surface area contributed by atoms with Crippen molar-refractivity contribution in [1.82, 2.24) is 0 Å². The molecule has 160 valence electrons. The third-order valence-electron chi connectivity index (χ3n) is 5.72. The van der Waals surface area contributed by atoms with E-state index in [2.05, 4.69) is 0 Å². The first kappa shape index (κ1) is 21.1. The molecule has 1 aliphatic heterocycles. The van der Waals surface area contributed by atoms with Crippen LogP contribution in [0.3, 0.4) is 0 Å². The summed E-state index contributed by atoms with van der Waals surface area (Å²) in [7, 11) is -3.91. The summed E-state index contributed by atoms with van der Waals surface area (Å²) in [5.74, 6) is -0.239. The Morgan fingerprint density at radius 3 is 2.29 bits per heavy atom. The maximum Gasteiger partial charge on any atom is 0.264 e. The molecule has 0 aromatic heterocycles. The number of amides is 1. The first-order valence-electron chi connectivity index (χ1n) is 10.5. The molecule has 0 N–H and O–H groups in total. The largest absolute Gasteiger partial charge is 0.307 e. The number of anilines is 2. The zero-order chi connectivity index (χ0) is 22.0. The minimum Gasteiger partial charge on any atom is -0.307 e. The zero-order valence-electron chi connectivity index (χ0n) is 17.7. The van der Waals surface area contributed by atoms with Gasteiger partial charge in [-0.1, -0.05) is 55.5 Å². The van der Waals surface area contributed by atoms with Crippen LogP contribution in [0.2, 0.25) is 0 Å². The average Bonchev–Trinajstić information content (AvgIpc) is 3.13. The molecular weight excluding hydrogens is 408 g/mol. The highest BCUT2D eigenvalue weighted by Gasteiger charge is 2.34. The Balaban J connectivity index is 1.72. The molecule has 1 amide bonds. The van der Waals surface area contributed by atoms with Crippen molar-refractivity contribution < 1.29 is 13.2 Å². The second-order valence-corrected chi connectivity index (χ2v) is 9.65. The van der Waals surface area contributed by atoms with Crippen LogP contribution in [0, 0.1) is 0 Å². The van der Waals surface area contributed by atoms with Gasteiger partial charge in [-0.05, 0) is 61.2 Å². The van der Waals surface area contributed by atoms with Gasteiger partial charge >= 0.3 is 0 Å². The van der Waals surface area contributed by atoms with Gasteiger partial charge in [-0.25, -0.2) is 8.42 Å². The summed E-state index contributed by atoms with van der Waals surface area (Å²) in [6, 6.07) is 23.4. The number of nitrogens with zero attached hydrogens (tertiary/aromatic N) is 2. The number of sulfonamides is 1. The summed E-state index contributed by atoms with van der Waals surface area (Å²) in [5, 5.41) is 0. The van der Waals surface area contributed by atoms with Gasteiger partial charge in [-0.2, -0.15) is 0 Å². The lowest BCUT2D eigenvalue weighted by molar-refractivity contribution is -0.117. The molecule has 0 fully saturated rings. The molecule has 0 unspecified atom stereocenters. The van der Waals surface area contributed by atoms with Crippen molar-refractivity contribution in [1.29, 1.82) is 0 Å². The first-order valence-corrected chi connectivity index (χ1v) is 11.9. The lowest BCUT2D eigenvalue weighted by atomic mass is 10.1. The molecule has 4 rings (SSSR count). The molecule has 31 heavy (non-hydrogen) atoms. The quantitative estimate of drug-likeness (QED) is 0.577. The fourth-order valence-electron chi connectivity index (χ4n) is 4.08. The molecule has 0 aliphatic carbocycles. The van der Waals surface area contributed by atoms with Crippen LogP contribution in [-0.2, 0) is 27.7 Å². The Labute approximate surface area is 184 Å². The molecule has 3 aromatic rings. The average molecular weight is 435 g/mol. The fourth-order valence-corrected chi connectivity index (χ4v) is 5.51. The highest BCUT2D eigenvalue weighted by atomic mass is 32.2. The maximum absolute atomic E-state index is 13.5. The molecule has 0 radical (unpaired) electrons. The van der Waals surface area contributed by atoms with E-state index in [0.29, 0.717) is 5.69 Å². The van der Waals surface area contributed by atoms with E-state index in [9.17, 15) is 13.2 Å². The third-order valence-corrected chi connectivity index (χ3v) is 7.51. The highest BCUT2D eigenvalue weighted by Crippen LogP contribution is 2.33. The minimum atomic E-state index is -3.91. The van der Waals surface area contributed by atoms with Gasteiger partial charge in [0.1, 0.15) is 6.54 Å². The van der Waals surface area contributed by atoms with Gasteiger partial charge in [0.25, 0.3) is 10.0 Å². The molecule has 0 saturated carbocycles. The molecule has 1 atom stereocenters. The van der Waals surface area contributed by atoms with Crippen LogP contribution in [0.4, 0.5) is 11.4 Å². The predicted molar refractivity (Wildman–Crippen MR) is 124 cm³/mol. The fraction of sp³-hybridized carbons (Fsp3) is 0.240. The number of hydrogen-bond donors (Lipinski definition) is 0. The number of carbonyl (C=O) groups is 1. The van der Waals surface area contributed by atoms with Crippen molar-refractivity contribution in [2.75, 3.05) is 15.7 Å². The van der Waals surface area contributed by atoms with Gasteiger partial charge in [0.05, 0.1) is 10.6 Å². The SMILES string of the molecule is CCc1ccc(N(CC(=O)N2c3ccccc3C[C@H]2C)S(=O)(=O)c2ccccc2)cc1. The van der Waals surface area contributed by atoms with Crippen molar-refractivity contribution >= 4 is 27.3 Å². The summed E-state index contributed by atoms with van der Waals surface area (Å²) < 4.78 is 28.3. The Hall–Kier alpha value is -3.12. The van der Waals surface area contributed by atoms with Crippen molar-refractivity contribution in [3.63, 3.8) is 0 Å². The Bertz CT molecular complexity index is 1170. The van der Waals surface area contributed by atoms with Crippen LogP contribution in [0.1, 0.15) is 25.0 Å². The van der Waals surface area contributed by atoms with Crippen molar-refractivity contribution in [3.8, 4) is 0 Å². The van der Waals surface area contributed by atoms with Crippen LogP contribution in [0.5, 0.6) is 0 Å². The Morgan fingerprint density at radius 1 is 0.968 bits per heavy atom. The first-order chi connectivity index (χ1) is 14.9. The number of hydrogen-bond acceptors (Lipinski definition) is 3. The van der Waals surface area contributed by atoms with Crippen LogP contribution >= 0.6 is 0 Å². The predicted octanol–water partition coefficient (Wildman–Crippen LogP) is 4.42. The minimum absolute atomic E-state index is 0.0198. The van der Waals surface area contributed by atoms with E-state index in [1.54, 1.807) is 47.4 Å². The zero-order valence-corrected chi connectivity index (χ0v) is 18.5. The van der Waals surface area contributed by atoms with Gasteiger partial charge in [0.15, 0.2) is 0 Å². The summed E-state index contributed by atoms with van der Waals surface area (Å²) in [4.78, 5) is 15.3. The van der Waals surface area contributed by atoms with Gasteiger partial charge in [-0.3, -0.25) is 9.10 Å². The molecule has 0 bridgehead atoms. The highest BCUT2D eigenvalue weighted by molar-refractivity contribution is 7.92. The number of benzene rings is 3. The molecule has 6 heteroatoms. The van der Waals surface area contributed by atoms with Crippen LogP contribution < -0.4 is 9.21 Å². The van der Waals surface area contributed by atoms with Crippen LogP contribution in [-0.4, -0.2) is 26.9 Å². The monoisotopic (exact) mass is 434 g/mol. The smallest absolute Gasteiger partial charge is 0.264 e. The van der Waals surface area contributed by atoms with Crippen LogP contribution in [0.15, 0.2) is 83.8 Å². The third kappa shape index (κ3) is 4.08.